The van der Waals surface area contributed by atoms with Crippen LogP contribution in [0.3, 0.4) is 0 Å². The maximum Gasteiger partial charge on any atom is 0.0715 e. The van der Waals surface area contributed by atoms with E-state index in [-0.39, 0.29) is 10.8 Å². The van der Waals surface area contributed by atoms with Crippen molar-refractivity contribution in [3.8, 4) is 0 Å². The van der Waals surface area contributed by atoms with E-state index < -0.39 is 0 Å². The average molecular weight is 163 g/mol. The molecule has 0 aromatic carbocycles. The summed E-state index contributed by atoms with van der Waals surface area (Å²) in [7, 11) is 0. The molecule has 1 aliphatic rings. The Labute approximate surface area is 65.2 Å². The van der Waals surface area contributed by atoms with Gasteiger partial charge in [-0.2, -0.15) is 0 Å². The Morgan fingerprint density at radius 2 is 1.44 bits per heavy atom. The Morgan fingerprint density at radius 1 is 1.00 bits per heavy atom. The van der Waals surface area contributed by atoms with Gasteiger partial charge in [0.15, 0.2) is 0 Å². The fourth-order valence-electron chi connectivity index (χ4n) is 0.708. The van der Waals surface area contributed by atoms with Gasteiger partial charge in [0.2, 0.25) is 0 Å². The molecule has 1 rings (SSSR count). The van der Waals surface area contributed by atoms with Gasteiger partial charge in [0.05, 0.1) is 10.8 Å². The number of hydrogen-bond acceptors (Lipinski definition) is 0. The fraction of sp³-hybridized carbons (Fsp3) is 0.429. The molecule has 0 nitrogen and oxygen atoms in total. The van der Waals surface area contributed by atoms with Crippen molar-refractivity contribution >= 4 is 23.2 Å². The van der Waals surface area contributed by atoms with Crippen molar-refractivity contribution in [2.24, 2.45) is 0 Å². The highest BCUT2D eigenvalue weighted by Gasteiger charge is 2.10. The summed E-state index contributed by atoms with van der Waals surface area (Å²) < 4.78 is 0. The molecule has 2 unspecified atom stereocenters. The summed E-state index contributed by atoms with van der Waals surface area (Å²) in [6.45, 7) is 0. The van der Waals surface area contributed by atoms with Crippen molar-refractivity contribution in [1.29, 1.82) is 0 Å². The lowest BCUT2D eigenvalue weighted by atomic mass is 10.3. The molecule has 0 aromatic rings. The van der Waals surface area contributed by atoms with Crippen molar-refractivity contribution in [2.45, 2.75) is 17.2 Å². The van der Waals surface area contributed by atoms with Crippen LogP contribution in [0.2, 0.25) is 0 Å². The lowest BCUT2D eigenvalue weighted by molar-refractivity contribution is 1.08. The summed E-state index contributed by atoms with van der Waals surface area (Å²) in [6, 6.07) is 0. The van der Waals surface area contributed by atoms with Gasteiger partial charge in [-0.1, -0.05) is 24.3 Å². The minimum atomic E-state index is -0.0367. The molecule has 2 atom stereocenters. The predicted octanol–water partition coefficient (Wildman–Crippen LogP) is 2.72. The van der Waals surface area contributed by atoms with E-state index in [0.717, 1.165) is 6.42 Å². The Kier molecular flexibility index (Phi) is 2.62. The van der Waals surface area contributed by atoms with E-state index in [0.29, 0.717) is 0 Å². The summed E-state index contributed by atoms with van der Waals surface area (Å²) in [4.78, 5) is 0. The molecule has 2 heteroatoms. The molecule has 0 N–H and O–H groups in total. The maximum absolute atomic E-state index is 5.80. The third-order valence-electron chi connectivity index (χ3n) is 1.22. The summed E-state index contributed by atoms with van der Waals surface area (Å²) >= 11 is 11.6. The van der Waals surface area contributed by atoms with E-state index in [1.807, 2.05) is 24.3 Å². The van der Waals surface area contributed by atoms with Crippen molar-refractivity contribution in [2.75, 3.05) is 0 Å². The molecule has 0 aliphatic heterocycles. The van der Waals surface area contributed by atoms with Crippen LogP contribution in [0.15, 0.2) is 24.3 Å². The van der Waals surface area contributed by atoms with E-state index in [2.05, 4.69) is 0 Å². The highest BCUT2D eigenvalue weighted by molar-refractivity contribution is 6.31. The minimum Gasteiger partial charge on any atom is -0.117 e. The average Bonchev–Trinajstić information content (AvgIpc) is 1.99. The van der Waals surface area contributed by atoms with Crippen molar-refractivity contribution < 1.29 is 0 Å². The van der Waals surface area contributed by atoms with E-state index in [4.69, 9.17) is 23.2 Å². The Bertz CT molecular complexity index is 122. The van der Waals surface area contributed by atoms with Gasteiger partial charge in [-0.15, -0.1) is 23.2 Å². The Morgan fingerprint density at radius 3 is 1.89 bits per heavy atom. The number of halogens is 2. The zero-order valence-electron chi connectivity index (χ0n) is 4.93. The predicted molar refractivity (Wildman–Crippen MR) is 42.2 cm³/mol. The van der Waals surface area contributed by atoms with Crippen molar-refractivity contribution in [3.63, 3.8) is 0 Å². The lowest BCUT2D eigenvalue weighted by Crippen LogP contribution is -2.07. The Balaban J connectivity index is 2.61. The van der Waals surface area contributed by atoms with E-state index >= 15 is 0 Å². The SMILES string of the molecule is ClC1C=CCC=CC1Cl. The van der Waals surface area contributed by atoms with E-state index in [9.17, 15) is 0 Å². The molecule has 0 heterocycles. The smallest absolute Gasteiger partial charge is 0.0715 e. The normalized spacial score (nSPS) is 34.4. The number of rotatable bonds is 0. The van der Waals surface area contributed by atoms with Gasteiger partial charge in [0.25, 0.3) is 0 Å². The first kappa shape index (κ1) is 7.17. The van der Waals surface area contributed by atoms with Gasteiger partial charge in [-0.3, -0.25) is 0 Å². The molecule has 0 spiro atoms. The number of allylic oxidation sites excluding steroid dienone is 4. The summed E-state index contributed by atoms with van der Waals surface area (Å²) in [5.74, 6) is 0. The van der Waals surface area contributed by atoms with Crippen LogP contribution in [0.4, 0.5) is 0 Å². The quantitative estimate of drug-likeness (QED) is 0.380. The highest BCUT2D eigenvalue weighted by Crippen LogP contribution is 2.15. The second-order valence-electron chi connectivity index (χ2n) is 1.98. The van der Waals surface area contributed by atoms with Crippen LogP contribution in [-0.4, -0.2) is 10.8 Å². The van der Waals surface area contributed by atoms with E-state index in [1.165, 1.54) is 0 Å². The maximum atomic E-state index is 5.80. The molecule has 0 saturated heterocycles. The molecular formula is C7H8Cl2. The third-order valence-corrected chi connectivity index (χ3v) is 2.18. The molecule has 0 radical (unpaired) electrons. The van der Waals surface area contributed by atoms with Gasteiger partial charge in [0, 0.05) is 0 Å². The first-order valence-corrected chi connectivity index (χ1v) is 3.79. The van der Waals surface area contributed by atoms with Crippen LogP contribution >= 0.6 is 23.2 Å². The minimum absolute atomic E-state index is 0.0367. The first-order chi connectivity index (χ1) is 4.30. The van der Waals surface area contributed by atoms with Gasteiger partial charge >= 0.3 is 0 Å². The van der Waals surface area contributed by atoms with Crippen LogP contribution in [0.5, 0.6) is 0 Å². The molecule has 9 heavy (non-hydrogen) atoms. The van der Waals surface area contributed by atoms with Crippen LogP contribution in [0.1, 0.15) is 6.42 Å². The zero-order chi connectivity index (χ0) is 6.69. The standard InChI is InChI=1S/C7H8Cl2/c8-6-4-2-1-3-5-7(6)9/h2-7H,1H2. The van der Waals surface area contributed by atoms with Crippen LogP contribution in [-0.2, 0) is 0 Å². The number of hydrogen-bond donors (Lipinski definition) is 0. The molecule has 50 valence electrons. The van der Waals surface area contributed by atoms with Crippen molar-refractivity contribution in [3.05, 3.63) is 24.3 Å². The molecule has 0 saturated carbocycles. The largest absolute Gasteiger partial charge is 0.117 e. The van der Waals surface area contributed by atoms with Crippen LogP contribution in [0, 0.1) is 0 Å². The van der Waals surface area contributed by atoms with Gasteiger partial charge in [-0.25, -0.2) is 0 Å². The lowest BCUT2D eigenvalue weighted by Gasteiger charge is -2.03. The summed E-state index contributed by atoms with van der Waals surface area (Å²) in [6.07, 6.45) is 8.86. The second kappa shape index (κ2) is 3.28. The molecule has 0 bridgehead atoms. The van der Waals surface area contributed by atoms with Crippen LogP contribution < -0.4 is 0 Å². The monoisotopic (exact) mass is 162 g/mol. The molecule has 0 fully saturated rings. The van der Waals surface area contributed by atoms with Gasteiger partial charge in [-0.05, 0) is 6.42 Å². The van der Waals surface area contributed by atoms with Gasteiger partial charge in [0.1, 0.15) is 0 Å². The highest BCUT2D eigenvalue weighted by atomic mass is 35.5. The fourth-order valence-corrected chi connectivity index (χ4v) is 1.08. The topological polar surface area (TPSA) is 0 Å². The second-order valence-corrected chi connectivity index (χ2v) is 2.99. The molecule has 0 amide bonds. The molecule has 0 aromatic heterocycles. The Hall–Kier alpha value is 0.0600. The van der Waals surface area contributed by atoms with Crippen molar-refractivity contribution in [1.82, 2.24) is 0 Å². The third kappa shape index (κ3) is 2.04. The van der Waals surface area contributed by atoms with Gasteiger partial charge < -0.3 is 0 Å². The zero-order valence-corrected chi connectivity index (χ0v) is 6.44. The molecular weight excluding hydrogens is 155 g/mol. The molecule has 1 aliphatic carbocycles. The first-order valence-electron chi connectivity index (χ1n) is 2.92. The summed E-state index contributed by atoms with van der Waals surface area (Å²) in [5.41, 5.74) is 0. The summed E-state index contributed by atoms with van der Waals surface area (Å²) in [5, 5.41) is -0.0733. The number of alkyl halides is 2. The van der Waals surface area contributed by atoms with Crippen LogP contribution in [0.25, 0.3) is 0 Å². The van der Waals surface area contributed by atoms with E-state index in [1.54, 1.807) is 0 Å².